The van der Waals surface area contributed by atoms with Crippen LogP contribution in [0.1, 0.15) is 0 Å². The minimum absolute atomic E-state index is 0.140. The molecule has 0 aliphatic heterocycles. The zero-order valence-electron chi connectivity index (χ0n) is 13.0. The molecule has 1 aromatic heterocycles. The Morgan fingerprint density at radius 2 is 1.75 bits per heavy atom. The lowest BCUT2D eigenvalue weighted by atomic mass is 10.0. The van der Waals surface area contributed by atoms with Gasteiger partial charge in [-0.2, -0.15) is 0 Å². The van der Waals surface area contributed by atoms with Gasteiger partial charge in [0.25, 0.3) is 0 Å². The molecular weight excluding hydrogens is 333 g/mol. The smallest absolute Gasteiger partial charge is 0.175 e. The number of aromatic nitrogens is 1. The normalized spacial score (nSPS) is 11.5. The zero-order chi connectivity index (χ0) is 17.3. The molecule has 2 aromatic carbocycles. The number of nitrogens with zero attached hydrogens (tertiary/aromatic N) is 1. The first-order chi connectivity index (χ1) is 11.4. The van der Waals surface area contributed by atoms with Gasteiger partial charge in [0.2, 0.25) is 0 Å². The molecule has 24 heavy (non-hydrogen) atoms. The minimum Gasteiger partial charge on any atom is -0.494 e. The van der Waals surface area contributed by atoms with Crippen LogP contribution in [0.15, 0.2) is 58.1 Å². The quantitative estimate of drug-likeness (QED) is 0.722. The molecule has 0 radical (unpaired) electrons. The zero-order valence-corrected chi connectivity index (χ0v) is 13.8. The average Bonchev–Trinajstić information content (AvgIpc) is 3.03. The molecule has 5 nitrogen and oxygen atoms in total. The van der Waals surface area contributed by atoms with Crippen LogP contribution in [0.5, 0.6) is 5.75 Å². The SMILES string of the molecule is COc1ccc(-c2nocc2-c2ccc(S(C)(=O)=O)cc2)cc1F. The van der Waals surface area contributed by atoms with E-state index in [1.165, 1.54) is 37.6 Å². The van der Waals surface area contributed by atoms with Crippen molar-refractivity contribution >= 4 is 9.84 Å². The van der Waals surface area contributed by atoms with Gasteiger partial charge in [-0.3, -0.25) is 0 Å². The standard InChI is InChI=1S/C17H14FNO4S/c1-22-16-8-5-12(9-15(16)18)17-14(10-23-19-17)11-3-6-13(7-4-11)24(2,20)21/h3-10H,1-2H3. The Kier molecular flexibility index (Phi) is 4.11. The van der Waals surface area contributed by atoms with Crippen molar-refractivity contribution in [3.05, 3.63) is 54.5 Å². The maximum atomic E-state index is 13.9. The Balaban J connectivity index is 2.03. The molecule has 3 aromatic rings. The third-order valence-corrected chi connectivity index (χ3v) is 4.72. The van der Waals surface area contributed by atoms with E-state index in [0.717, 1.165) is 11.8 Å². The average molecular weight is 347 g/mol. The van der Waals surface area contributed by atoms with E-state index in [4.69, 9.17) is 9.26 Å². The second kappa shape index (κ2) is 6.09. The number of halogens is 1. The fourth-order valence-electron chi connectivity index (χ4n) is 2.35. The van der Waals surface area contributed by atoms with Gasteiger partial charge in [-0.05, 0) is 35.9 Å². The molecular formula is C17H14FNO4S. The van der Waals surface area contributed by atoms with E-state index in [0.29, 0.717) is 16.8 Å². The summed E-state index contributed by atoms with van der Waals surface area (Å²) < 4.78 is 46.9. The van der Waals surface area contributed by atoms with Crippen molar-refractivity contribution in [2.24, 2.45) is 0 Å². The summed E-state index contributed by atoms with van der Waals surface area (Å²) in [6.45, 7) is 0. The van der Waals surface area contributed by atoms with Crippen molar-refractivity contribution in [1.82, 2.24) is 5.16 Å². The molecule has 0 atom stereocenters. The fourth-order valence-corrected chi connectivity index (χ4v) is 2.98. The maximum Gasteiger partial charge on any atom is 0.175 e. The van der Waals surface area contributed by atoms with E-state index in [1.807, 2.05) is 0 Å². The minimum atomic E-state index is -3.27. The number of ether oxygens (including phenoxy) is 1. The van der Waals surface area contributed by atoms with Crippen LogP contribution in [0.25, 0.3) is 22.4 Å². The summed E-state index contributed by atoms with van der Waals surface area (Å²) in [5, 5.41) is 3.93. The van der Waals surface area contributed by atoms with Crippen LogP contribution in [0.3, 0.4) is 0 Å². The number of methoxy groups -OCH3 is 1. The Labute approximate surface area is 138 Å². The molecule has 0 aliphatic rings. The molecule has 3 rings (SSSR count). The van der Waals surface area contributed by atoms with Crippen LogP contribution >= 0.6 is 0 Å². The monoisotopic (exact) mass is 347 g/mol. The topological polar surface area (TPSA) is 69.4 Å². The van der Waals surface area contributed by atoms with Crippen molar-refractivity contribution in [2.75, 3.05) is 13.4 Å². The van der Waals surface area contributed by atoms with Gasteiger partial charge in [0.05, 0.1) is 12.0 Å². The number of benzene rings is 2. The third-order valence-electron chi connectivity index (χ3n) is 3.59. The van der Waals surface area contributed by atoms with Gasteiger partial charge in [-0.25, -0.2) is 12.8 Å². The largest absolute Gasteiger partial charge is 0.494 e. The molecule has 0 saturated carbocycles. The summed E-state index contributed by atoms with van der Waals surface area (Å²) in [6, 6.07) is 10.8. The van der Waals surface area contributed by atoms with Crippen LogP contribution < -0.4 is 4.74 Å². The highest BCUT2D eigenvalue weighted by molar-refractivity contribution is 7.90. The molecule has 124 valence electrons. The molecule has 0 saturated heterocycles. The van der Waals surface area contributed by atoms with Gasteiger partial charge in [0.15, 0.2) is 21.4 Å². The Hall–Kier alpha value is -2.67. The molecule has 7 heteroatoms. The summed E-state index contributed by atoms with van der Waals surface area (Å²) in [6.07, 6.45) is 2.58. The van der Waals surface area contributed by atoms with Crippen LogP contribution in [-0.4, -0.2) is 26.9 Å². The van der Waals surface area contributed by atoms with Crippen molar-refractivity contribution in [3.63, 3.8) is 0 Å². The van der Waals surface area contributed by atoms with E-state index in [1.54, 1.807) is 18.2 Å². The van der Waals surface area contributed by atoms with E-state index >= 15 is 0 Å². The second-order valence-corrected chi connectivity index (χ2v) is 7.24. The second-order valence-electron chi connectivity index (χ2n) is 5.22. The van der Waals surface area contributed by atoms with Crippen LogP contribution in [0.2, 0.25) is 0 Å². The van der Waals surface area contributed by atoms with Gasteiger partial charge in [0, 0.05) is 17.4 Å². The van der Waals surface area contributed by atoms with Crippen LogP contribution in [0, 0.1) is 5.82 Å². The highest BCUT2D eigenvalue weighted by Gasteiger charge is 2.15. The lowest BCUT2D eigenvalue weighted by Gasteiger charge is -2.06. The summed E-state index contributed by atoms with van der Waals surface area (Å²) in [5.41, 5.74) is 2.35. The lowest BCUT2D eigenvalue weighted by molar-refractivity contribution is 0.386. The van der Waals surface area contributed by atoms with Crippen molar-refractivity contribution in [3.8, 4) is 28.1 Å². The summed E-state index contributed by atoms with van der Waals surface area (Å²) >= 11 is 0. The van der Waals surface area contributed by atoms with Gasteiger partial charge < -0.3 is 9.26 Å². The van der Waals surface area contributed by atoms with E-state index in [2.05, 4.69) is 5.16 Å². The number of hydrogen-bond donors (Lipinski definition) is 0. The van der Waals surface area contributed by atoms with Gasteiger partial charge in [0.1, 0.15) is 12.0 Å². The maximum absolute atomic E-state index is 13.9. The van der Waals surface area contributed by atoms with Gasteiger partial charge in [-0.1, -0.05) is 17.3 Å². The predicted molar refractivity (Wildman–Crippen MR) is 87.0 cm³/mol. The number of hydrogen-bond acceptors (Lipinski definition) is 5. The van der Waals surface area contributed by atoms with Crippen molar-refractivity contribution in [2.45, 2.75) is 4.90 Å². The molecule has 0 N–H and O–H groups in total. The third kappa shape index (κ3) is 3.03. The van der Waals surface area contributed by atoms with E-state index < -0.39 is 15.7 Å². The van der Waals surface area contributed by atoms with Gasteiger partial charge >= 0.3 is 0 Å². The summed E-state index contributed by atoms with van der Waals surface area (Å²) in [5.74, 6) is -0.363. The molecule has 0 spiro atoms. The van der Waals surface area contributed by atoms with Crippen molar-refractivity contribution in [1.29, 1.82) is 0 Å². The first-order valence-electron chi connectivity index (χ1n) is 6.99. The lowest BCUT2D eigenvalue weighted by Crippen LogP contribution is -1.96. The molecule has 0 fully saturated rings. The highest BCUT2D eigenvalue weighted by Crippen LogP contribution is 2.33. The molecule has 0 bridgehead atoms. The molecule has 0 unspecified atom stereocenters. The number of rotatable bonds is 4. The van der Waals surface area contributed by atoms with E-state index in [9.17, 15) is 12.8 Å². The first-order valence-corrected chi connectivity index (χ1v) is 8.88. The fraction of sp³-hybridized carbons (Fsp3) is 0.118. The molecule has 0 amide bonds. The highest BCUT2D eigenvalue weighted by atomic mass is 32.2. The predicted octanol–water partition coefficient (Wildman–Crippen LogP) is 3.56. The summed E-state index contributed by atoms with van der Waals surface area (Å²) in [7, 11) is -1.87. The molecule has 1 heterocycles. The van der Waals surface area contributed by atoms with Gasteiger partial charge in [-0.15, -0.1) is 0 Å². The molecule has 0 aliphatic carbocycles. The van der Waals surface area contributed by atoms with Crippen LogP contribution in [0.4, 0.5) is 4.39 Å². The Morgan fingerprint density at radius 1 is 1.08 bits per heavy atom. The van der Waals surface area contributed by atoms with E-state index in [-0.39, 0.29) is 10.6 Å². The Bertz CT molecular complexity index is 978. The first kappa shape index (κ1) is 16.2. The van der Waals surface area contributed by atoms with Crippen LogP contribution in [-0.2, 0) is 9.84 Å². The number of sulfone groups is 1. The summed E-state index contributed by atoms with van der Waals surface area (Å²) in [4.78, 5) is 0.222. The Morgan fingerprint density at radius 3 is 2.33 bits per heavy atom. The van der Waals surface area contributed by atoms with Crippen molar-refractivity contribution < 1.29 is 22.1 Å².